The minimum atomic E-state index is 0.142. The maximum absolute atomic E-state index is 9.11. The summed E-state index contributed by atoms with van der Waals surface area (Å²) in [4.78, 5) is 0. The van der Waals surface area contributed by atoms with Gasteiger partial charge in [-0.05, 0) is 31.7 Å². The van der Waals surface area contributed by atoms with Crippen molar-refractivity contribution in [3.8, 4) is 0 Å². The third-order valence-corrected chi connectivity index (χ3v) is 3.02. The van der Waals surface area contributed by atoms with Crippen molar-refractivity contribution < 1.29 is 5.11 Å². The molecule has 1 aliphatic carbocycles. The molecule has 0 radical (unpaired) electrons. The molecule has 1 saturated carbocycles. The van der Waals surface area contributed by atoms with Gasteiger partial charge in [0.05, 0.1) is 6.61 Å². The predicted octanol–water partition coefficient (Wildman–Crippen LogP) is 0.511. The Kier molecular flexibility index (Phi) is 1.46. The normalized spacial score (nSPS) is 45.9. The van der Waals surface area contributed by atoms with Crippen LogP contribution in [0.4, 0.5) is 0 Å². The van der Waals surface area contributed by atoms with Crippen LogP contribution in [0.3, 0.4) is 0 Å². The second-order valence-corrected chi connectivity index (χ2v) is 3.78. The summed E-state index contributed by atoms with van der Waals surface area (Å²) >= 11 is 0. The second kappa shape index (κ2) is 2.21. The van der Waals surface area contributed by atoms with Crippen molar-refractivity contribution in [1.82, 2.24) is 5.32 Å². The Bertz CT molecular complexity index is 133. The monoisotopic (exact) mass is 141 g/mol. The van der Waals surface area contributed by atoms with E-state index in [9.17, 15) is 0 Å². The first-order valence-electron chi connectivity index (χ1n) is 4.21. The molecule has 2 unspecified atom stereocenters. The maximum atomic E-state index is 9.11. The van der Waals surface area contributed by atoms with Gasteiger partial charge in [0.25, 0.3) is 0 Å². The van der Waals surface area contributed by atoms with Crippen LogP contribution < -0.4 is 5.32 Å². The van der Waals surface area contributed by atoms with Crippen LogP contribution in [0.15, 0.2) is 0 Å². The highest BCUT2D eigenvalue weighted by Crippen LogP contribution is 2.36. The van der Waals surface area contributed by atoms with E-state index in [4.69, 9.17) is 5.11 Å². The van der Waals surface area contributed by atoms with E-state index in [0.717, 1.165) is 12.5 Å². The number of hydrogen-bond donors (Lipinski definition) is 2. The van der Waals surface area contributed by atoms with E-state index in [1.165, 1.54) is 25.7 Å². The molecule has 10 heavy (non-hydrogen) atoms. The zero-order valence-corrected chi connectivity index (χ0v) is 6.27. The minimum Gasteiger partial charge on any atom is -0.394 e. The Hall–Kier alpha value is -0.0800. The highest BCUT2D eigenvalue weighted by molar-refractivity contribution is 4.99. The molecule has 2 fully saturated rings. The van der Waals surface area contributed by atoms with Crippen molar-refractivity contribution in [2.45, 2.75) is 31.2 Å². The average molecular weight is 141 g/mol. The molecule has 1 heterocycles. The third-order valence-electron chi connectivity index (χ3n) is 3.02. The molecule has 0 aromatic carbocycles. The SMILES string of the molecule is OCC12CCCC(CN1)C2. The highest BCUT2D eigenvalue weighted by atomic mass is 16.3. The van der Waals surface area contributed by atoms with Crippen molar-refractivity contribution in [3.63, 3.8) is 0 Å². The molecule has 0 aromatic rings. The molecule has 2 rings (SSSR count). The largest absolute Gasteiger partial charge is 0.394 e. The Morgan fingerprint density at radius 2 is 2.50 bits per heavy atom. The summed E-state index contributed by atoms with van der Waals surface area (Å²) in [6, 6.07) is 0. The topological polar surface area (TPSA) is 32.3 Å². The predicted molar refractivity (Wildman–Crippen MR) is 39.8 cm³/mol. The summed E-state index contributed by atoms with van der Waals surface area (Å²) in [7, 11) is 0. The summed E-state index contributed by atoms with van der Waals surface area (Å²) < 4.78 is 0. The van der Waals surface area contributed by atoms with Crippen molar-refractivity contribution in [2.24, 2.45) is 5.92 Å². The zero-order valence-electron chi connectivity index (χ0n) is 6.27. The van der Waals surface area contributed by atoms with Gasteiger partial charge in [-0.2, -0.15) is 0 Å². The molecular weight excluding hydrogens is 126 g/mol. The van der Waals surface area contributed by atoms with E-state index >= 15 is 0 Å². The molecule has 1 aliphatic heterocycles. The molecule has 0 aromatic heterocycles. The van der Waals surface area contributed by atoms with Gasteiger partial charge >= 0.3 is 0 Å². The van der Waals surface area contributed by atoms with E-state index < -0.39 is 0 Å². The fourth-order valence-electron chi connectivity index (χ4n) is 2.38. The lowest BCUT2D eigenvalue weighted by atomic mass is 9.81. The Labute approximate surface area is 61.6 Å². The Morgan fingerprint density at radius 3 is 3.20 bits per heavy atom. The van der Waals surface area contributed by atoms with E-state index in [-0.39, 0.29) is 5.54 Å². The summed E-state index contributed by atoms with van der Waals surface area (Å²) in [5.74, 6) is 0.862. The van der Waals surface area contributed by atoms with Crippen molar-refractivity contribution in [1.29, 1.82) is 0 Å². The number of nitrogens with one attached hydrogen (secondary N) is 1. The maximum Gasteiger partial charge on any atom is 0.0613 e. The molecule has 58 valence electrons. The first kappa shape index (κ1) is 6.62. The number of fused-ring (bicyclic) bond motifs is 2. The lowest BCUT2D eigenvalue weighted by Gasteiger charge is -2.30. The first-order chi connectivity index (χ1) is 4.85. The van der Waals surface area contributed by atoms with Crippen LogP contribution in [-0.2, 0) is 0 Å². The van der Waals surface area contributed by atoms with Gasteiger partial charge in [0.15, 0.2) is 0 Å². The van der Waals surface area contributed by atoms with Crippen LogP contribution >= 0.6 is 0 Å². The van der Waals surface area contributed by atoms with Crippen LogP contribution in [0.2, 0.25) is 0 Å². The zero-order chi connectivity index (χ0) is 7.03. The van der Waals surface area contributed by atoms with Crippen molar-refractivity contribution in [3.05, 3.63) is 0 Å². The minimum absolute atomic E-state index is 0.142. The molecule has 1 saturated heterocycles. The second-order valence-electron chi connectivity index (χ2n) is 3.78. The molecular formula is C8H15NO. The van der Waals surface area contributed by atoms with Crippen molar-refractivity contribution in [2.75, 3.05) is 13.2 Å². The van der Waals surface area contributed by atoms with Crippen LogP contribution in [0, 0.1) is 5.92 Å². The Morgan fingerprint density at radius 1 is 1.60 bits per heavy atom. The Balaban J connectivity index is 2.10. The van der Waals surface area contributed by atoms with E-state index in [0.29, 0.717) is 6.61 Å². The smallest absolute Gasteiger partial charge is 0.0613 e. The summed E-state index contributed by atoms with van der Waals surface area (Å²) in [6.07, 6.45) is 5.07. The van der Waals surface area contributed by atoms with Crippen LogP contribution in [-0.4, -0.2) is 23.8 Å². The summed E-state index contributed by atoms with van der Waals surface area (Å²) in [5, 5.41) is 12.5. The molecule has 0 spiro atoms. The molecule has 2 nitrogen and oxygen atoms in total. The molecule has 2 bridgehead atoms. The fraction of sp³-hybridized carbons (Fsp3) is 1.00. The third kappa shape index (κ3) is 0.867. The van der Waals surface area contributed by atoms with E-state index in [1.54, 1.807) is 0 Å². The van der Waals surface area contributed by atoms with Gasteiger partial charge in [0.2, 0.25) is 0 Å². The van der Waals surface area contributed by atoms with Crippen molar-refractivity contribution >= 4 is 0 Å². The average Bonchev–Trinajstić information content (AvgIpc) is 2.29. The van der Waals surface area contributed by atoms with Gasteiger partial charge in [-0.3, -0.25) is 0 Å². The first-order valence-corrected chi connectivity index (χ1v) is 4.21. The summed E-state index contributed by atoms with van der Waals surface area (Å²) in [6.45, 7) is 1.48. The van der Waals surface area contributed by atoms with Crippen LogP contribution in [0.5, 0.6) is 0 Å². The molecule has 2 N–H and O–H groups in total. The number of aliphatic hydroxyl groups is 1. The standard InChI is InChI=1S/C8H15NO/c10-6-8-3-1-2-7(4-8)5-9-8/h7,9-10H,1-6H2. The van der Waals surface area contributed by atoms with Crippen LogP contribution in [0.1, 0.15) is 25.7 Å². The number of rotatable bonds is 1. The van der Waals surface area contributed by atoms with Crippen LogP contribution in [0.25, 0.3) is 0 Å². The number of hydrogen-bond acceptors (Lipinski definition) is 2. The fourth-order valence-corrected chi connectivity index (χ4v) is 2.38. The summed E-state index contributed by atoms with van der Waals surface area (Å²) in [5.41, 5.74) is 0.142. The molecule has 0 amide bonds. The van der Waals surface area contributed by atoms with Gasteiger partial charge in [0, 0.05) is 5.54 Å². The molecule has 2 heteroatoms. The van der Waals surface area contributed by atoms with Gasteiger partial charge in [-0.25, -0.2) is 0 Å². The lowest BCUT2D eigenvalue weighted by molar-refractivity contribution is 0.149. The quantitative estimate of drug-likeness (QED) is 0.557. The van der Waals surface area contributed by atoms with Gasteiger partial charge in [-0.1, -0.05) is 6.42 Å². The highest BCUT2D eigenvalue weighted by Gasteiger charge is 2.40. The van der Waals surface area contributed by atoms with E-state index in [2.05, 4.69) is 5.32 Å². The van der Waals surface area contributed by atoms with Gasteiger partial charge in [-0.15, -0.1) is 0 Å². The van der Waals surface area contributed by atoms with Gasteiger partial charge < -0.3 is 10.4 Å². The lowest BCUT2D eigenvalue weighted by Crippen LogP contribution is -2.43. The molecule has 2 atom stereocenters. The van der Waals surface area contributed by atoms with Gasteiger partial charge in [0.1, 0.15) is 0 Å². The number of aliphatic hydroxyl groups excluding tert-OH is 1. The van der Waals surface area contributed by atoms with E-state index in [1.807, 2.05) is 0 Å². The molecule has 2 aliphatic rings.